The highest BCUT2D eigenvalue weighted by Gasteiger charge is 2.17. The summed E-state index contributed by atoms with van der Waals surface area (Å²) in [5, 5.41) is 0. The van der Waals surface area contributed by atoms with E-state index in [9.17, 15) is 0 Å². The molecule has 0 amide bonds. The topological polar surface area (TPSA) is 47.6 Å². The first-order chi connectivity index (χ1) is 8.08. The second kappa shape index (κ2) is 5.08. The van der Waals surface area contributed by atoms with Crippen LogP contribution in [0.2, 0.25) is 0 Å². The molecule has 92 valence electrons. The lowest BCUT2D eigenvalue weighted by molar-refractivity contribution is 0.353. The fourth-order valence-corrected chi connectivity index (χ4v) is 2.38. The first-order valence-electron chi connectivity index (χ1n) is 5.82. The Bertz CT molecular complexity index is 455. The van der Waals surface area contributed by atoms with Crippen LogP contribution in [0.25, 0.3) is 0 Å². The van der Waals surface area contributed by atoms with Crippen molar-refractivity contribution >= 4 is 21.8 Å². The number of hydrogen-bond donors (Lipinski definition) is 1. The van der Waals surface area contributed by atoms with Crippen molar-refractivity contribution in [1.82, 2.24) is 0 Å². The molecule has 3 nitrogen and oxygen atoms in total. The van der Waals surface area contributed by atoms with Crippen molar-refractivity contribution < 1.29 is 4.74 Å². The van der Waals surface area contributed by atoms with Gasteiger partial charge < -0.3 is 10.5 Å². The highest BCUT2D eigenvalue weighted by Crippen LogP contribution is 2.33. The summed E-state index contributed by atoms with van der Waals surface area (Å²) in [5.74, 6) is 1.97. The van der Waals surface area contributed by atoms with Gasteiger partial charge >= 0.3 is 0 Å². The molecule has 1 aromatic rings. The molecular weight excluding hydrogens is 280 g/mol. The normalized spacial score (nSPS) is 14.9. The van der Waals surface area contributed by atoms with Gasteiger partial charge in [-0.15, -0.1) is 0 Å². The van der Waals surface area contributed by atoms with Crippen LogP contribution < -0.4 is 10.5 Å². The van der Waals surface area contributed by atoms with E-state index < -0.39 is 0 Å². The van der Waals surface area contributed by atoms with Crippen LogP contribution in [0.3, 0.4) is 0 Å². The smallest absolute Gasteiger partial charge is 0.127 e. The average molecular weight is 297 g/mol. The van der Waals surface area contributed by atoms with Crippen molar-refractivity contribution in [3.63, 3.8) is 0 Å². The Labute approximate surface area is 110 Å². The standard InChI is InChI=1S/C13H17BrN2O/c1-8(2)13(15)16-7-10-6-11(14)5-9-3-4-17-12(9)10/h5-6,8H,3-4,7H2,1-2H3,(H2,15,16). The van der Waals surface area contributed by atoms with Crippen LogP contribution in [-0.2, 0) is 13.0 Å². The fourth-order valence-electron chi connectivity index (χ4n) is 1.82. The van der Waals surface area contributed by atoms with Crippen LogP contribution in [0.1, 0.15) is 25.0 Å². The Balaban J connectivity index is 2.25. The minimum atomic E-state index is 0.288. The van der Waals surface area contributed by atoms with E-state index >= 15 is 0 Å². The third-order valence-electron chi connectivity index (χ3n) is 2.85. The number of halogens is 1. The van der Waals surface area contributed by atoms with Crippen LogP contribution in [0.4, 0.5) is 0 Å². The number of nitrogens with two attached hydrogens (primary N) is 1. The number of amidine groups is 1. The molecule has 0 spiro atoms. The first-order valence-corrected chi connectivity index (χ1v) is 6.61. The third kappa shape index (κ3) is 2.80. The maximum atomic E-state index is 5.85. The lowest BCUT2D eigenvalue weighted by Gasteiger charge is -2.08. The molecule has 1 aliphatic heterocycles. The van der Waals surface area contributed by atoms with Crippen LogP contribution in [0.15, 0.2) is 21.6 Å². The second-order valence-corrected chi connectivity index (χ2v) is 5.46. The van der Waals surface area contributed by atoms with Crippen molar-refractivity contribution in [2.45, 2.75) is 26.8 Å². The number of ether oxygens (including phenoxy) is 1. The molecule has 2 rings (SSSR count). The monoisotopic (exact) mass is 296 g/mol. The number of rotatable bonds is 3. The Hall–Kier alpha value is -1.03. The highest BCUT2D eigenvalue weighted by atomic mass is 79.9. The molecule has 1 aliphatic rings. The van der Waals surface area contributed by atoms with Gasteiger partial charge in [-0.2, -0.15) is 0 Å². The summed E-state index contributed by atoms with van der Waals surface area (Å²) in [6.07, 6.45) is 0.977. The number of nitrogens with zero attached hydrogens (tertiary/aromatic N) is 1. The van der Waals surface area contributed by atoms with E-state index in [2.05, 4.69) is 33.1 Å². The van der Waals surface area contributed by atoms with Gasteiger partial charge in [-0.1, -0.05) is 29.8 Å². The van der Waals surface area contributed by atoms with Gasteiger partial charge in [0.25, 0.3) is 0 Å². The summed E-state index contributed by atoms with van der Waals surface area (Å²) in [4.78, 5) is 4.41. The van der Waals surface area contributed by atoms with Gasteiger partial charge in [0.15, 0.2) is 0 Å². The van der Waals surface area contributed by atoms with Gasteiger partial charge in [-0.25, -0.2) is 0 Å². The lowest BCUT2D eigenvalue weighted by Crippen LogP contribution is -2.18. The van der Waals surface area contributed by atoms with E-state index in [0.29, 0.717) is 12.4 Å². The van der Waals surface area contributed by atoms with Gasteiger partial charge in [0, 0.05) is 22.4 Å². The van der Waals surface area contributed by atoms with Crippen molar-refractivity contribution in [3.8, 4) is 5.75 Å². The van der Waals surface area contributed by atoms with Crippen LogP contribution >= 0.6 is 15.9 Å². The second-order valence-electron chi connectivity index (χ2n) is 4.55. The van der Waals surface area contributed by atoms with Crippen LogP contribution in [0, 0.1) is 5.92 Å². The van der Waals surface area contributed by atoms with Crippen molar-refractivity contribution in [2.24, 2.45) is 16.6 Å². The minimum absolute atomic E-state index is 0.288. The maximum Gasteiger partial charge on any atom is 0.127 e. The number of fused-ring (bicyclic) bond motifs is 1. The predicted molar refractivity (Wildman–Crippen MR) is 73.5 cm³/mol. The van der Waals surface area contributed by atoms with Crippen LogP contribution in [0.5, 0.6) is 5.75 Å². The molecule has 0 unspecified atom stereocenters. The molecule has 17 heavy (non-hydrogen) atoms. The number of benzene rings is 1. The fraction of sp³-hybridized carbons (Fsp3) is 0.462. The predicted octanol–water partition coefficient (Wildman–Crippen LogP) is 2.90. The molecule has 0 saturated heterocycles. The molecule has 1 aromatic carbocycles. The van der Waals surface area contributed by atoms with Crippen molar-refractivity contribution in [3.05, 3.63) is 27.7 Å². The summed E-state index contributed by atoms with van der Waals surface area (Å²) >= 11 is 3.52. The number of aliphatic imine (C=N–C) groups is 1. The molecule has 0 aromatic heterocycles. The Kier molecular flexibility index (Phi) is 3.72. The molecule has 0 saturated carbocycles. The SMILES string of the molecule is CC(C)C(N)=NCc1cc(Br)cc2c1OCC2. The van der Waals surface area contributed by atoms with Crippen molar-refractivity contribution in [2.75, 3.05) is 6.61 Å². The Morgan fingerprint density at radius 2 is 2.29 bits per heavy atom. The zero-order chi connectivity index (χ0) is 12.4. The summed E-state index contributed by atoms with van der Waals surface area (Å²) in [6, 6.07) is 4.17. The molecule has 4 heteroatoms. The van der Waals surface area contributed by atoms with E-state index in [4.69, 9.17) is 10.5 Å². The summed E-state index contributed by atoms with van der Waals surface area (Å²) < 4.78 is 6.73. The molecule has 1 heterocycles. The number of hydrogen-bond acceptors (Lipinski definition) is 2. The zero-order valence-electron chi connectivity index (χ0n) is 10.2. The Morgan fingerprint density at radius 1 is 1.53 bits per heavy atom. The van der Waals surface area contributed by atoms with Gasteiger partial charge in [-0.3, -0.25) is 4.99 Å². The average Bonchev–Trinajstić information content (AvgIpc) is 2.72. The molecule has 0 aliphatic carbocycles. The van der Waals surface area contributed by atoms with Crippen LogP contribution in [-0.4, -0.2) is 12.4 Å². The van der Waals surface area contributed by atoms with E-state index in [1.807, 2.05) is 13.8 Å². The van der Waals surface area contributed by atoms with Crippen molar-refractivity contribution in [1.29, 1.82) is 0 Å². The molecule has 0 radical (unpaired) electrons. The molecular formula is C13H17BrN2O. The van der Waals surface area contributed by atoms with Gasteiger partial charge in [0.1, 0.15) is 5.75 Å². The van der Waals surface area contributed by atoms with E-state index in [0.717, 1.165) is 28.8 Å². The molecule has 2 N–H and O–H groups in total. The minimum Gasteiger partial charge on any atom is -0.493 e. The van der Waals surface area contributed by atoms with Gasteiger partial charge in [0.05, 0.1) is 19.0 Å². The maximum absolute atomic E-state index is 5.85. The van der Waals surface area contributed by atoms with Gasteiger partial charge in [-0.05, 0) is 17.7 Å². The zero-order valence-corrected chi connectivity index (χ0v) is 11.8. The quantitative estimate of drug-likeness (QED) is 0.689. The largest absolute Gasteiger partial charge is 0.493 e. The summed E-state index contributed by atoms with van der Waals surface area (Å²) in [6.45, 7) is 5.44. The van der Waals surface area contributed by atoms with Gasteiger partial charge in [0.2, 0.25) is 0 Å². The van der Waals surface area contributed by atoms with E-state index in [-0.39, 0.29) is 5.92 Å². The molecule has 0 bridgehead atoms. The first kappa shape index (κ1) is 12.4. The third-order valence-corrected chi connectivity index (χ3v) is 3.31. The van der Waals surface area contributed by atoms with E-state index in [1.54, 1.807) is 0 Å². The highest BCUT2D eigenvalue weighted by molar-refractivity contribution is 9.10. The summed E-state index contributed by atoms with van der Waals surface area (Å²) in [5.41, 5.74) is 8.21. The Morgan fingerprint density at radius 3 is 3.00 bits per heavy atom. The van der Waals surface area contributed by atoms with E-state index in [1.165, 1.54) is 5.56 Å². The lowest BCUT2D eigenvalue weighted by atomic mass is 10.1. The molecule has 0 atom stereocenters. The molecule has 0 fully saturated rings. The summed E-state index contributed by atoms with van der Waals surface area (Å²) in [7, 11) is 0.